The van der Waals surface area contributed by atoms with Crippen LogP contribution in [0.5, 0.6) is 17.4 Å². The summed E-state index contributed by atoms with van der Waals surface area (Å²) in [5.41, 5.74) is 7.16. The van der Waals surface area contributed by atoms with Crippen molar-refractivity contribution in [2.45, 2.75) is 32.4 Å². The summed E-state index contributed by atoms with van der Waals surface area (Å²) < 4.78 is 17.4. The molecule has 1 saturated heterocycles. The molecule has 2 aromatic rings. The lowest BCUT2D eigenvalue weighted by Crippen LogP contribution is -2.37. The van der Waals surface area contributed by atoms with E-state index in [2.05, 4.69) is 4.98 Å². The monoisotopic (exact) mass is 385 g/mol. The molecular weight excluding hydrogens is 358 g/mol. The molecular formula is C21H27N3O4. The number of aromatic nitrogens is 1. The number of likely N-dealkylation sites (tertiary alicyclic amines) is 1. The Morgan fingerprint density at radius 2 is 2.14 bits per heavy atom. The number of rotatable bonds is 7. The molecule has 28 heavy (non-hydrogen) atoms. The van der Waals surface area contributed by atoms with Gasteiger partial charge in [0.05, 0.1) is 25.3 Å². The first-order chi connectivity index (χ1) is 13.5. The van der Waals surface area contributed by atoms with E-state index in [4.69, 9.17) is 19.9 Å². The summed E-state index contributed by atoms with van der Waals surface area (Å²) in [6.07, 6.45) is 4.34. The number of allylic oxidation sites excluding steroid dienone is 1. The summed E-state index contributed by atoms with van der Waals surface area (Å²) in [4.78, 5) is 18.1. The SMILES string of the molecule is C/C=C/c1cc2c(O[C@@H]3CC(C(N)=O)N(C)C3)cc(OCC)nc2cc1OC. The predicted octanol–water partition coefficient (Wildman–Crippen LogP) is 2.61. The summed E-state index contributed by atoms with van der Waals surface area (Å²) >= 11 is 0. The van der Waals surface area contributed by atoms with Crippen LogP contribution in [0, 0.1) is 0 Å². The zero-order chi connectivity index (χ0) is 20.3. The minimum absolute atomic E-state index is 0.144. The van der Waals surface area contributed by atoms with Crippen molar-refractivity contribution in [1.82, 2.24) is 9.88 Å². The van der Waals surface area contributed by atoms with Crippen molar-refractivity contribution < 1.29 is 19.0 Å². The van der Waals surface area contributed by atoms with Crippen molar-refractivity contribution in [1.29, 1.82) is 0 Å². The molecule has 1 aliphatic rings. The molecule has 0 bridgehead atoms. The first-order valence-electron chi connectivity index (χ1n) is 9.41. The highest BCUT2D eigenvalue weighted by Gasteiger charge is 2.34. The first-order valence-corrected chi connectivity index (χ1v) is 9.41. The van der Waals surface area contributed by atoms with Crippen LogP contribution in [-0.2, 0) is 4.79 Å². The molecule has 1 fully saturated rings. The van der Waals surface area contributed by atoms with Gasteiger partial charge >= 0.3 is 0 Å². The standard InChI is InChI=1S/C21H27N3O4/c1-5-7-13-8-15-16(10-18(13)26-4)23-20(27-6-2)11-19(15)28-14-9-17(21(22)25)24(3)12-14/h5,7-8,10-11,14,17H,6,9,12H2,1-4H3,(H2,22,25)/b7-5+/t14-,17?/m1/s1. The maximum Gasteiger partial charge on any atom is 0.234 e. The van der Waals surface area contributed by atoms with Crippen LogP contribution in [-0.4, -0.2) is 55.2 Å². The number of hydrogen-bond donors (Lipinski definition) is 1. The zero-order valence-electron chi connectivity index (χ0n) is 16.8. The Kier molecular flexibility index (Phi) is 6.04. The molecule has 3 rings (SSSR count). The molecule has 1 aromatic carbocycles. The van der Waals surface area contributed by atoms with E-state index < -0.39 is 0 Å². The van der Waals surface area contributed by atoms with Gasteiger partial charge in [0, 0.05) is 36.0 Å². The fraction of sp³-hybridized carbons (Fsp3) is 0.429. The molecule has 0 radical (unpaired) electrons. The van der Waals surface area contributed by atoms with Crippen LogP contribution in [0.4, 0.5) is 0 Å². The molecule has 1 aliphatic heterocycles. The van der Waals surface area contributed by atoms with Crippen LogP contribution in [0.1, 0.15) is 25.8 Å². The van der Waals surface area contributed by atoms with E-state index >= 15 is 0 Å². The zero-order valence-corrected chi connectivity index (χ0v) is 16.8. The van der Waals surface area contributed by atoms with Gasteiger partial charge in [-0.1, -0.05) is 12.2 Å². The van der Waals surface area contributed by atoms with Gasteiger partial charge in [0.25, 0.3) is 0 Å². The number of methoxy groups -OCH3 is 1. The van der Waals surface area contributed by atoms with E-state index in [0.717, 1.165) is 22.2 Å². The summed E-state index contributed by atoms with van der Waals surface area (Å²) in [5, 5.41) is 0.863. The molecule has 0 aliphatic carbocycles. The number of primary amides is 1. The molecule has 0 spiro atoms. The lowest BCUT2D eigenvalue weighted by molar-refractivity contribution is -0.121. The highest BCUT2D eigenvalue weighted by molar-refractivity contribution is 5.90. The van der Waals surface area contributed by atoms with Gasteiger partial charge in [-0.15, -0.1) is 0 Å². The largest absolute Gasteiger partial charge is 0.496 e. The van der Waals surface area contributed by atoms with Gasteiger partial charge in [0.2, 0.25) is 11.8 Å². The maximum atomic E-state index is 11.6. The number of nitrogens with zero attached hydrogens (tertiary/aromatic N) is 2. The fourth-order valence-corrected chi connectivity index (χ4v) is 3.57. The Balaban J connectivity index is 2.03. The number of likely N-dealkylation sites (N-methyl/N-ethyl adjacent to an activating group) is 1. The molecule has 7 heteroatoms. The molecule has 0 saturated carbocycles. The number of hydrogen-bond acceptors (Lipinski definition) is 6. The average Bonchev–Trinajstić information content (AvgIpc) is 3.02. The average molecular weight is 385 g/mol. The predicted molar refractivity (Wildman–Crippen MR) is 109 cm³/mol. The minimum Gasteiger partial charge on any atom is -0.496 e. The van der Waals surface area contributed by atoms with Crippen molar-refractivity contribution in [2.75, 3.05) is 27.3 Å². The molecule has 1 aromatic heterocycles. The summed E-state index contributed by atoms with van der Waals surface area (Å²) in [6, 6.07) is 5.36. The number of carbonyl (C=O) groups excluding carboxylic acids is 1. The number of benzene rings is 1. The van der Waals surface area contributed by atoms with Gasteiger partial charge in [0.15, 0.2) is 0 Å². The smallest absolute Gasteiger partial charge is 0.234 e. The van der Waals surface area contributed by atoms with E-state index in [9.17, 15) is 4.79 Å². The van der Waals surface area contributed by atoms with Crippen molar-refractivity contribution in [2.24, 2.45) is 5.73 Å². The van der Waals surface area contributed by atoms with Crippen LogP contribution in [0.2, 0.25) is 0 Å². The lowest BCUT2D eigenvalue weighted by Gasteiger charge is -2.17. The second kappa shape index (κ2) is 8.48. The van der Waals surface area contributed by atoms with Gasteiger partial charge in [-0.3, -0.25) is 9.69 Å². The third-order valence-electron chi connectivity index (χ3n) is 4.87. The van der Waals surface area contributed by atoms with Crippen LogP contribution >= 0.6 is 0 Å². The molecule has 150 valence electrons. The highest BCUT2D eigenvalue weighted by atomic mass is 16.5. The summed E-state index contributed by atoms with van der Waals surface area (Å²) in [6.45, 7) is 4.99. The quantitative estimate of drug-likeness (QED) is 0.788. The lowest BCUT2D eigenvalue weighted by atomic mass is 10.1. The number of amides is 1. The number of fused-ring (bicyclic) bond motifs is 1. The van der Waals surface area contributed by atoms with Gasteiger partial charge < -0.3 is 19.9 Å². The van der Waals surface area contributed by atoms with Gasteiger partial charge in [-0.05, 0) is 27.0 Å². The van der Waals surface area contributed by atoms with Crippen LogP contribution < -0.4 is 19.9 Å². The summed E-state index contributed by atoms with van der Waals surface area (Å²) in [5.74, 6) is 1.56. The number of carbonyl (C=O) groups is 1. The Morgan fingerprint density at radius 1 is 1.36 bits per heavy atom. The Morgan fingerprint density at radius 3 is 2.75 bits per heavy atom. The second-order valence-corrected chi connectivity index (χ2v) is 6.84. The van der Waals surface area contributed by atoms with Crippen molar-refractivity contribution in [3.63, 3.8) is 0 Å². The maximum absolute atomic E-state index is 11.6. The van der Waals surface area contributed by atoms with E-state index in [1.807, 2.05) is 50.1 Å². The normalized spacial score (nSPS) is 20.0. The third kappa shape index (κ3) is 4.04. The third-order valence-corrected chi connectivity index (χ3v) is 4.87. The number of pyridine rings is 1. The Hall–Kier alpha value is -2.80. The van der Waals surface area contributed by atoms with E-state index in [1.165, 1.54) is 0 Å². The Labute approximate surface area is 165 Å². The van der Waals surface area contributed by atoms with E-state index in [1.54, 1.807) is 13.2 Å². The molecule has 2 atom stereocenters. The van der Waals surface area contributed by atoms with Crippen molar-refractivity contribution >= 4 is 22.9 Å². The minimum atomic E-state index is -0.330. The van der Waals surface area contributed by atoms with Crippen molar-refractivity contribution in [3.05, 3.63) is 29.8 Å². The van der Waals surface area contributed by atoms with Crippen molar-refractivity contribution in [3.8, 4) is 17.4 Å². The van der Waals surface area contributed by atoms with Crippen LogP contribution in [0.25, 0.3) is 17.0 Å². The van der Waals surface area contributed by atoms with Crippen LogP contribution in [0.3, 0.4) is 0 Å². The second-order valence-electron chi connectivity index (χ2n) is 6.84. The molecule has 7 nitrogen and oxygen atoms in total. The van der Waals surface area contributed by atoms with Gasteiger partial charge in [-0.25, -0.2) is 4.98 Å². The highest BCUT2D eigenvalue weighted by Crippen LogP contribution is 2.35. The van der Waals surface area contributed by atoms with E-state index in [-0.39, 0.29) is 18.1 Å². The number of ether oxygens (including phenoxy) is 3. The van der Waals surface area contributed by atoms with Crippen LogP contribution in [0.15, 0.2) is 24.3 Å². The molecule has 1 unspecified atom stereocenters. The van der Waals surface area contributed by atoms with E-state index in [0.29, 0.717) is 31.2 Å². The molecule has 1 amide bonds. The fourth-order valence-electron chi connectivity index (χ4n) is 3.57. The summed E-state index contributed by atoms with van der Waals surface area (Å²) in [7, 11) is 3.51. The van der Waals surface area contributed by atoms with Gasteiger partial charge in [0.1, 0.15) is 17.6 Å². The van der Waals surface area contributed by atoms with Gasteiger partial charge in [-0.2, -0.15) is 0 Å². The molecule has 2 heterocycles. The molecule has 2 N–H and O–H groups in total. The number of nitrogens with two attached hydrogens (primary N) is 1. The Bertz CT molecular complexity index is 897. The topological polar surface area (TPSA) is 86.9 Å². The first kappa shape index (κ1) is 19.9.